The van der Waals surface area contributed by atoms with Crippen LogP contribution in [-0.4, -0.2) is 19.3 Å². The van der Waals surface area contributed by atoms with Gasteiger partial charge in [-0.15, -0.1) is 0 Å². The highest BCUT2D eigenvalue weighted by atomic mass is 35.5. The predicted octanol–water partition coefficient (Wildman–Crippen LogP) is 2.76. The van der Waals surface area contributed by atoms with Crippen LogP contribution in [0.3, 0.4) is 0 Å². The minimum absolute atomic E-state index is 0.173. The number of nitrogens with one attached hydrogen (secondary N) is 1. The maximum atomic E-state index is 5.92. The smallest absolute Gasteiger partial charge is 0.0739 e. The Morgan fingerprint density at radius 2 is 2.13 bits per heavy atom. The molecule has 0 bridgehead atoms. The number of benzene rings is 1. The summed E-state index contributed by atoms with van der Waals surface area (Å²) in [6, 6.07) is 5.54. The molecule has 0 atom stereocenters. The van der Waals surface area contributed by atoms with Crippen molar-refractivity contribution in [3.05, 3.63) is 23.2 Å². The molecule has 0 saturated heterocycles. The Kier molecular flexibility index (Phi) is 3.83. The summed E-state index contributed by atoms with van der Waals surface area (Å²) in [5, 5.41) is 3.86. The van der Waals surface area contributed by atoms with Gasteiger partial charge in [-0.3, -0.25) is 0 Å². The highest BCUT2D eigenvalue weighted by molar-refractivity contribution is 6.33. The molecule has 0 radical (unpaired) electrons. The lowest BCUT2D eigenvalue weighted by atomic mass is 10.1. The van der Waals surface area contributed by atoms with Gasteiger partial charge in [0.15, 0.2) is 0 Å². The number of anilines is 2. The average molecular weight is 229 g/mol. The summed E-state index contributed by atoms with van der Waals surface area (Å²) in [4.78, 5) is 0. The van der Waals surface area contributed by atoms with Crippen LogP contribution in [0.2, 0.25) is 5.02 Å². The normalized spacial score (nSPS) is 11.5. The van der Waals surface area contributed by atoms with Crippen LogP contribution in [0.1, 0.15) is 13.8 Å². The zero-order valence-electron chi connectivity index (χ0n) is 9.30. The quantitative estimate of drug-likeness (QED) is 0.780. The van der Waals surface area contributed by atoms with E-state index in [0.29, 0.717) is 17.3 Å². The van der Waals surface area contributed by atoms with E-state index in [4.69, 9.17) is 22.1 Å². The minimum Gasteiger partial charge on any atom is -0.396 e. The molecule has 1 aromatic rings. The molecule has 15 heavy (non-hydrogen) atoms. The number of halogens is 1. The van der Waals surface area contributed by atoms with Crippen LogP contribution in [0.4, 0.5) is 11.4 Å². The summed E-state index contributed by atoms with van der Waals surface area (Å²) in [6.07, 6.45) is 0. The molecule has 0 fully saturated rings. The fourth-order valence-electron chi connectivity index (χ4n) is 1.41. The fraction of sp³-hybridized carbons (Fsp3) is 0.455. The number of hydrogen-bond donors (Lipinski definition) is 2. The second kappa shape index (κ2) is 4.73. The van der Waals surface area contributed by atoms with E-state index in [0.717, 1.165) is 5.69 Å². The van der Waals surface area contributed by atoms with Gasteiger partial charge in [0.1, 0.15) is 0 Å². The lowest BCUT2D eigenvalue weighted by molar-refractivity contribution is 0.158. The van der Waals surface area contributed by atoms with E-state index in [-0.39, 0.29) is 5.54 Å². The number of ether oxygens (including phenoxy) is 1. The van der Waals surface area contributed by atoms with Crippen molar-refractivity contribution in [1.29, 1.82) is 0 Å². The Hall–Kier alpha value is -0.930. The van der Waals surface area contributed by atoms with Crippen molar-refractivity contribution in [3.63, 3.8) is 0 Å². The summed E-state index contributed by atoms with van der Waals surface area (Å²) < 4.78 is 5.11. The first-order valence-corrected chi connectivity index (χ1v) is 5.15. The van der Waals surface area contributed by atoms with Gasteiger partial charge in [0.05, 0.1) is 28.5 Å². The van der Waals surface area contributed by atoms with Gasteiger partial charge in [0.2, 0.25) is 0 Å². The third kappa shape index (κ3) is 3.29. The van der Waals surface area contributed by atoms with E-state index in [1.165, 1.54) is 0 Å². The summed E-state index contributed by atoms with van der Waals surface area (Å²) >= 11 is 5.92. The van der Waals surface area contributed by atoms with E-state index < -0.39 is 0 Å². The Morgan fingerprint density at radius 3 is 2.73 bits per heavy atom. The molecule has 0 aliphatic rings. The highest BCUT2D eigenvalue weighted by Crippen LogP contribution is 2.28. The van der Waals surface area contributed by atoms with Crippen LogP contribution >= 0.6 is 11.6 Å². The molecule has 3 nitrogen and oxygen atoms in total. The molecule has 0 heterocycles. The van der Waals surface area contributed by atoms with E-state index in [1.807, 2.05) is 26.0 Å². The van der Waals surface area contributed by atoms with Crippen LogP contribution in [0.25, 0.3) is 0 Å². The zero-order valence-corrected chi connectivity index (χ0v) is 10.1. The van der Waals surface area contributed by atoms with Crippen molar-refractivity contribution in [1.82, 2.24) is 0 Å². The van der Waals surface area contributed by atoms with Crippen LogP contribution in [0.15, 0.2) is 18.2 Å². The van der Waals surface area contributed by atoms with Crippen molar-refractivity contribution >= 4 is 23.0 Å². The van der Waals surface area contributed by atoms with Gasteiger partial charge in [0.25, 0.3) is 0 Å². The average Bonchev–Trinajstić information content (AvgIpc) is 2.12. The molecule has 0 spiro atoms. The number of hydrogen-bond acceptors (Lipinski definition) is 3. The Labute approximate surface area is 95.6 Å². The molecule has 0 saturated carbocycles. The van der Waals surface area contributed by atoms with Gasteiger partial charge < -0.3 is 15.8 Å². The lowest BCUT2D eigenvalue weighted by Gasteiger charge is -2.27. The Bertz CT molecular complexity index is 339. The fourth-order valence-corrected chi connectivity index (χ4v) is 1.58. The summed E-state index contributed by atoms with van der Waals surface area (Å²) in [5.41, 5.74) is 7.09. The maximum Gasteiger partial charge on any atom is 0.0739 e. The molecule has 0 unspecified atom stereocenters. The summed E-state index contributed by atoms with van der Waals surface area (Å²) in [7, 11) is 1.67. The number of nitrogens with two attached hydrogens (primary N) is 1. The molecule has 0 aliphatic heterocycles. The first-order valence-electron chi connectivity index (χ1n) is 4.77. The first kappa shape index (κ1) is 12.1. The highest BCUT2D eigenvalue weighted by Gasteiger charge is 2.18. The van der Waals surface area contributed by atoms with Crippen molar-refractivity contribution in [2.24, 2.45) is 0 Å². The topological polar surface area (TPSA) is 47.3 Å². The van der Waals surface area contributed by atoms with Crippen molar-refractivity contribution in [2.75, 3.05) is 24.8 Å². The number of rotatable bonds is 4. The largest absolute Gasteiger partial charge is 0.396 e. The minimum atomic E-state index is -0.173. The molecule has 0 aliphatic carbocycles. The molecule has 0 amide bonds. The van der Waals surface area contributed by atoms with Crippen LogP contribution in [0.5, 0.6) is 0 Å². The molecular formula is C11H17ClN2O. The Balaban J connectivity index is 2.85. The number of nitrogen functional groups attached to an aromatic ring is 1. The van der Waals surface area contributed by atoms with Crippen molar-refractivity contribution in [3.8, 4) is 0 Å². The molecule has 0 aromatic heterocycles. The predicted molar refractivity (Wildman–Crippen MR) is 65.4 cm³/mol. The molecule has 1 rings (SSSR count). The maximum absolute atomic E-state index is 5.92. The monoisotopic (exact) mass is 228 g/mol. The zero-order chi connectivity index (χ0) is 11.5. The van der Waals surface area contributed by atoms with Gasteiger partial charge >= 0.3 is 0 Å². The van der Waals surface area contributed by atoms with Gasteiger partial charge in [-0.05, 0) is 26.0 Å². The summed E-state index contributed by atoms with van der Waals surface area (Å²) in [6.45, 7) is 4.67. The van der Waals surface area contributed by atoms with Gasteiger partial charge in [0, 0.05) is 7.11 Å². The van der Waals surface area contributed by atoms with Crippen LogP contribution in [-0.2, 0) is 4.74 Å². The van der Waals surface area contributed by atoms with Crippen LogP contribution in [0, 0.1) is 0 Å². The first-order chi connectivity index (χ1) is 6.96. The second-order valence-corrected chi connectivity index (χ2v) is 4.55. The number of methoxy groups -OCH3 is 1. The van der Waals surface area contributed by atoms with E-state index in [1.54, 1.807) is 13.2 Å². The van der Waals surface area contributed by atoms with Gasteiger partial charge in [-0.1, -0.05) is 17.7 Å². The van der Waals surface area contributed by atoms with E-state index in [9.17, 15) is 0 Å². The summed E-state index contributed by atoms with van der Waals surface area (Å²) in [5.74, 6) is 0. The van der Waals surface area contributed by atoms with Gasteiger partial charge in [-0.25, -0.2) is 0 Å². The van der Waals surface area contributed by atoms with E-state index in [2.05, 4.69) is 5.32 Å². The molecule has 3 N–H and O–H groups in total. The van der Waals surface area contributed by atoms with Crippen molar-refractivity contribution in [2.45, 2.75) is 19.4 Å². The third-order valence-electron chi connectivity index (χ3n) is 2.03. The number of para-hydroxylation sites is 1. The SMILES string of the molecule is COCC(C)(C)Nc1cccc(Cl)c1N. The van der Waals surface area contributed by atoms with Crippen LogP contribution < -0.4 is 11.1 Å². The third-order valence-corrected chi connectivity index (χ3v) is 2.36. The Morgan fingerprint density at radius 1 is 1.47 bits per heavy atom. The molecule has 1 aromatic carbocycles. The molecular weight excluding hydrogens is 212 g/mol. The second-order valence-electron chi connectivity index (χ2n) is 4.14. The van der Waals surface area contributed by atoms with E-state index >= 15 is 0 Å². The molecule has 84 valence electrons. The lowest BCUT2D eigenvalue weighted by Crippen LogP contribution is -2.36. The van der Waals surface area contributed by atoms with Gasteiger partial charge in [-0.2, -0.15) is 0 Å². The standard InChI is InChI=1S/C11H17ClN2O/c1-11(2,7-15-3)14-9-6-4-5-8(12)10(9)13/h4-6,14H,7,13H2,1-3H3. The molecule has 4 heteroatoms. The van der Waals surface area contributed by atoms with Crippen molar-refractivity contribution < 1.29 is 4.74 Å².